The highest BCUT2D eigenvalue weighted by Gasteiger charge is 2.05. The number of anilines is 1. The van der Waals surface area contributed by atoms with Gasteiger partial charge < -0.3 is 4.90 Å². The summed E-state index contributed by atoms with van der Waals surface area (Å²) in [5.41, 5.74) is 2.25. The summed E-state index contributed by atoms with van der Waals surface area (Å²) in [7, 11) is 0. The van der Waals surface area contributed by atoms with Gasteiger partial charge in [0.15, 0.2) is 0 Å². The Kier molecular flexibility index (Phi) is 4.74. The molecule has 1 aromatic rings. The van der Waals surface area contributed by atoms with Crippen LogP contribution in [0.25, 0.3) is 0 Å². The molecule has 0 fully saturated rings. The molecule has 3 nitrogen and oxygen atoms in total. The molecule has 0 spiro atoms. The first-order chi connectivity index (χ1) is 7.72. The molecule has 0 radical (unpaired) electrons. The highest BCUT2D eigenvalue weighted by molar-refractivity contribution is 5.48. The van der Waals surface area contributed by atoms with Crippen molar-refractivity contribution < 1.29 is 4.79 Å². The molecule has 0 aliphatic rings. The third kappa shape index (κ3) is 2.94. The lowest BCUT2D eigenvalue weighted by Gasteiger charge is -2.21. The first-order valence-corrected chi connectivity index (χ1v) is 5.64. The number of nitrogens with zero attached hydrogens (tertiary/aromatic N) is 2. The summed E-state index contributed by atoms with van der Waals surface area (Å²) in [5, 5.41) is 0. The van der Waals surface area contributed by atoms with Crippen LogP contribution in [0.2, 0.25) is 0 Å². The Balaban J connectivity index is 2.85. The van der Waals surface area contributed by atoms with Crippen LogP contribution in [-0.4, -0.2) is 19.2 Å². The number of aliphatic imine (C=N–C) groups is 1. The number of carbonyl (C=O) groups excluding carboxylic acids is 1. The van der Waals surface area contributed by atoms with Gasteiger partial charge in [-0.05, 0) is 38.5 Å². The third-order valence-corrected chi connectivity index (χ3v) is 2.75. The quantitative estimate of drug-likeness (QED) is 0.562. The van der Waals surface area contributed by atoms with E-state index in [2.05, 4.69) is 35.9 Å². The minimum Gasteiger partial charge on any atom is -0.372 e. The molecule has 1 unspecified atom stereocenters. The Bertz CT molecular complexity index is 362. The molecule has 1 rings (SSSR count). The fourth-order valence-corrected chi connectivity index (χ4v) is 1.71. The first kappa shape index (κ1) is 12.5. The van der Waals surface area contributed by atoms with Crippen molar-refractivity contribution in [2.75, 3.05) is 18.0 Å². The highest BCUT2D eigenvalue weighted by Crippen LogP contribution is 2.20. The van der Waals surface area contributed by atoms with E-state index >= 15 is 0 Å². The zero-order valence-electron chi connectivity index (χ0n) is 10.1. The minimum absolute atomic E-state index is 0.108. The standard InChI is InChI=1S/C13H18N2O/c1-4-15(5-2)13-8-6-12(7-9-13)11(3)14-10-16/h6-9,11H,4-5H2,1-3H3. The molecule has 3 heteroatoms. The van der Waals surface area contributed by atoms with E-state index in [0.717, 1.165) is 18.7 Å². The van der Waals surface area contributed by atoms with Crippen LogP contribution in [0.4, 0.5) is 5.69 Å². The second-order valence-corrected chi connectivity index (χ2v) is 3.66. The van der Waals surface area contributed by atoms with Gasteiger partial charge in [0.05, 0.1) is 6.04 Å². The predicted octanol–water partition coefficient (Wildman–Crippen LogP) is 2.93. The first-order valence-electron chi connectivity index (χ1n) is 5.64. The van der Waals surface area contributed by atoms with Crippen molar-refractivity contribution in [2.24, 2.45) is 4.99 Å². The Morgan fingerprint density at radius 2 is 1.81 bits per heavy atom. The van der Waals surface area contributed by atoms with Gasteiger partial charge >= 0.3 is 0 Å². The topological polar surface area (TPSA) is 32.7 Å². The summed E-state index contributed by atoms with van der Waals surface area (Å²) in [6, 6.07) is 8.06. The molecule has 1 aromatic carbocycles. The maximum Gasteiger partial charge on any atom is 0.235 e. The summed E-state index contributed by atoms with van der Waals surface area (Å²) < 4.78 is 0. The molecule has 0 amide bonds. The van der Waals surface area contributed by atoms with E-state index in [0.29, 0.717) is 0 Å². The Hall–Kier alpha value is -1.60. The minimum atomic E-state index is -0.108. The van der Waals surface area contributed by atoms with Crippen LogP contribution in [0.1, 0.15) is 32.4 Å². The van der Waals surface area contributed by atoms with E-state index in [9.17, 15) is 4.79 Å². The van der Waals surface area contributed by atoms with Crippen LogP contribution in [-0.2, 0) is 4.79 Å². The maximum absolute atomic E-state index is 10.2. The average Bonchev–Trinajstić information content (AvgIpc) is 2.32. The number of hydrogen-bond donors (Lipinski definition) is 0. The van der Waals surface area contributed by atoms with Crippen LogP contribution in [0.3, 0.4) is 0 Å². The van der Waals surface area contributed by atoms with Crippen LogP contribution in [0.5, 0.6) is 0 Å². The van der Waals surface area contributed by atoms with Gasteiger partial charge in [0.2, 0.25) is 6.08 Å². The molecule has 86 valence electrons. The smallest absolute Gasteiger partial charge is 0.235 e. The second-order valence-electron chi connectivity index (χ2n) is 3.66. The number of rotatable bonds is 5. The Morgan fingerprint density at radius 1 is 1.25 bits per heavy atom. The van der Waals surface area contributed by atoms with E-state index < -0.39 is 0 Å². The van der Waals surface area contributed by atoms with Gasteiger partial charge in [-0.1, -0.05) is 12.1 Å². The lowest BCUT2D eigenvalue weighted by Crippen LogP contribution is -2.21. The molecule has 0 aliphatic heterocycles. The molecule has 1 atom stereocenters. The second kappa shape index (κ2) is 6.09. The summed E-state index contributed by atoms with van der Waals surface area (Å²) in [4.78, 5) is 16.1. The Morgan fingerprint density at radius 3 is 2.25 bits per heavy atom. The molecular weight excluding hydrogens is 200 g/mol. The number of isocyanates is 1. The van der Waals surface area contributed by atoms with Crippen molar-refractivity contribution in [3.8, 4) is 0 Å². The van der Waals surface area contributed by atoms with Gasteiger partial charge in [-0.15, -0.1) is 0 Å². The highest BCUT2D eigenvalue weighted by atomic mass is 16.1. The van der Waals surface area contributed by atoms with Crippen molar-refractivity contribution in [1.82, 2.24) is 0 Å². The normalized spacial score (nSPS) is 11.7. The summed E-state index contributed by atoms with van der Waals surface area (Å²) in [6.07, 6.45) is 1.59. The molecule has 0 bridgehead atoms. The summed E-state index contributed by atoms with van der Waals surface area (Å²) in [5.74, 6) is 0. The van der Waals surface area contributed by atoms with Crippen molar-refractivity contribution in [2.45, 2.75) is 26.8 Å². The van der Waals surface area contributed by atoms with E-state index in [-0.39, 0.29) is 6.04 Å². The summed E-state index contributed by atoms with van der Waals surface area (Å²) in [6.45, 7) is 8.15. The van der Waals surface area contributed by atoms with Crippen LogP contribution in [0, 0.1) is 0 Å². The summed E-state index contributed by atoms with van der Waals surface area (Å²) >= 11 is 0. The lowest BCUT2D eigenvalue weighted by molar-refractivity contribution is 0.559. The van der Waals surface area contributed by atoms with Gasteiger partial charge in [-0.3, -0.25) is 0 Å². The van der Waals surface area contributed by atoms with Crippen molar-refractivity contribution in [1.29, 1.82) is 0 Å². The number of hydrogen-bond acceptors (Lipinski definition) is 3. The molecule has 0 N–H and O–H groups in total. The molecule has 0 aliphatic carbocycles. The van der Waals surface area contributed by atoms with Crippen LogP contribution < -0.4 is 4.90 Å². The van der Waals surface area contributed by atoms with E-state index in [1.807, 2.05) is 19.1 Å². The third-order valence-electron chi connectivity index (χ3n) is 2.75. The number of benzene rings is 1. The molecule has 16 heavy (non-hydrogen) atoms. The van der Waals surface area contributed by atoms with E-state index in [4.69, 9.17) is 0 Å². The van der Waals surface area contributed by atoms with Crippen molar-refractivity contribution in [3.63, 3.8) is 0 Å². The molecule has 0 aromatic heterocycles. The SMILES string of the molecule is CCN(CC)c1ccc(C(C)N=C=O)cc1. The predicted molar refractivity (Wildman–Crippen MR) is 66.5 cm³/mol. The van der Waals surface area contributed by atoms with Gasteiger partial charge in [0, 0.05) is 18.8 Å². The maximum atomic E-state index is 10.2. The van der Waals surface area contributed by atoms with Crippen molar-refractivity contribution in [3.05, 3.63) is 29.8 Å². The van der Waals surface area contributed by atoms with Crippen molar-refractivity contribution >= 4 is 11.8 Å². The molecule has 0 saturated carbocycles. The van der Waals surface area contributed by atoms with Gasteiger partial charge in [0.1, 0.15) is 0 Å². The Labute approximate surface area is 96.8 Å². The monoisotopic (exact) mass is 218 g/mol. The molecule has 0 saturated heterocycles. The fraction of sp³-hybridized carbons (Fsp3) is 0.462. The molecule has 0 heterocycles. The van der Waals surface area contributed by atoms with Crippen LogP contribution >= 0.6 is 0 Å². The zero-order chi connectivity index (χ0) is 12.0. The fourth-order valence-electron chi connectivity index (χ4n) is 1.71. The van der Waals surface area contributed by atoms with Gasteiger partial charge in [-0.25, -0.2) is 4.79 Å². The lowest BCUT2D eigenvalue weighted by atomic mass is 10.1. The van der Waals surface area contributed by atoms with Crippen LogP contribution in [0.15, 0.2) is 29.3 Å². The molecular formula is C13H18N2O. The van der Waals surface area contributed by atoms with Gasteiger partial charge in [0.25, 0.3) is 0 Å². The largest absolute Gasteiger partial charge is 0.372 e. The van der Waals surface area contributed by atoms with E-state index in [1.54, 1.807) is 6.08 Å². The zero-order valence-corrected chi connectivity index (χ0v) is 10.1. The van der Waals surface area contributed by atoms with E-state index in [1.165, 1.54) is 5.69 Å². The van der Waals surface area contributed by atoms with Gasteiger partial charge in [-0.2, -0.15) is 4.99 Å². The average molecular weight is 218 g/mol.